The van der Waals surface area contributed by atoms with E-state index in [4.69, 9.17) is 11.6 Å². The summed E-state index contributed by atoms with van der Waals surface area (Å²) >= 11 is 6.02. The van der Waals surface area contributed by atoms with E-state index in [1.54, 1.807) is 29.2 Å². The molecule has 0 unspecified atom stereocenters. The predicted molar refractivity (Wildman–Crippen MR) is 105 cm³/mol. The minimum Gasteiger partial charge on any atom is -0.368 e. The van der Waals surface area contributed by atoms with Crippen LogP contribution in [0.15, 0.2) is 48.5 Å². The predicted octanol–water partition coefficient (Wildman–Crippen LogP) is 3.33. The Hall–Kier alpha value is -2.53. The number of halogens is 1. The van der Waals surface area contributed by atoms with E-state index in [1.807, 2.05) is 6.07 Å². The first-order valence-electron chi connectivity index (χ1n) is 8.67. The van der Waals surface area contributed by atoms with Crippen LogP contribution in [0.3, 0.4) is 0 Å². The summed E-state index contributed by atoms with van der Waals surface area (Å²) in [4.78, 5) is 28.5. The van der Waals surface area contributed by atoms with Gasteiger partial charge in [-0.2, -0.15) is 0 Å². The molecule has 2 aromatic rings. The van der Waals surface area contributed by atoms with Gasteiger partial charge in [-0.1, -0.05) is 35.9 Å². The Kier molecular flexibility index (Phi) is 5.78. The molecule has 1 N–H and O–H groups in total. The molecule has 0 spiro atoms. The molecule has 2 aromatic carbocycles. The van der Waals surface area contributed by atoms with Crippen LogP contribution in [0.5, 0.6) is 0 Å². The molecule has 0 atom stereocenters. The number of rotatable bonds is 4. The van der Waals surface area contributed by atoms with Gasteiger partial charge in [0.2, 0.25) is 11.8 Å². The van der Waals surface area contributed by atoms with E-state index >= 15 is 0 Å². The molecule has 26 heavy (non-hydrogen) atoms. The van der Waals surface area contributed by atoms with E-state index in [0.717, 1.165) is 13.1 Å². The number of aryl methyl sites for hydroxylation is 1. The van der Waals surface area contributed by atoms with E-state index in [0.29, 0.717) is 23.8 Å². The van der Waals surface area contributed by atoms with E-state index in [2.05, 4.69) is 35.3 Å². The first kappa shape index (κ1) is 18.3. The first-order chi connectivity index (χ1) is 12.5. The zero-order valence-electron chi connectivity index (χ0n) is 14.7. The molecular weight excluding hydrogens is 350 g/mol. The van der Waals surface area contributed by atoms with Crippen LogP contribution in [0.25, 0.3) is 0 Å². The second kappa shape index (κ2) is 8.23. The van der Waals surface area contributed by atoms with Crippen LogP contribution >= 0.6 is 11.6 Å². The van der Waals surface area contributed by atoms with Crippen molar-refractivity contribution in [3.05, 3.63) is 59.1 Å². The fraction of sp³-hybridized carbons (Fsp3) is 0.300. The molecule has 1 aliphatic heterocycles. The van der Waals surface area contributed by atoms with Crippen molar-refractivity contribution in [2.24, 2.45) is 0 Å². The molecule has 1 fully saturated rings. The standard InChI is InChI=1S/C20H22ClN3O2/c1-15-5-4-6-16(13-15)23-9-11-24(12-10-23)20(26)14-19(25)22-18-8-3-2-7-17(18)21/h2-8,13H,9-12,14H2,1H3,(H,22,25). The fourth-order valence-electron chi connectivity index (χ4n) is 3.04. The Morgan fingerprint density at radius 2 is 1.77 bits per heavy atom. The van der Waals surface area contributed by atoms with Crippen molar-refractivity contribution in [3.8, 4) is 0 Å². The lowest BCUT2D eigenvalue weighted by Crippen LogP contribution is -2.49. The number of hydrogen-bond acceptors (Lipinski definition) is 3. The van der Waals surface area contributed by atoms with Crippen LogP contribution in [0.2, 0.25) is 5.02 Å². The van der Waals surface area contributed by atoms with Crippen LogP contribution in [0, 0.1) is 6.92 Å². The summed E-state index contributed by atoms with van der Waals surface area (Å²) in [6.07, 6.45) is -0.171. The summed E-state index contributed by atoms with van der Waals surface area (Å²) in [5, 5.41) is 3.15. The average Bonchev–Trinajstić information content (AvgIpc) is 2.64. The minimum absolute atomic E-state index is 0.154. The van der Waals surface area contributed by atoms with Gasteiger partial charge in [0.15, 0.2) is 0 Å². The smallest absolute Gasteiger partial charge is 0.233 e. The number of para-hydroxylation sites is 1. The lowest BCUT2D eigenvalue weighted by Gasteiger charge is -2.36. The second-order valence-corrected chi connectivity index (χ2v) is 6.82. The molecule has 1 aliphatic rings. The number of anilines is 2. The third-order valence-corrected chi connectivity index (χ3v) is 4.79. The summed E-state index contributed by atoms with van der Waals surface area (Å²) in [5.41, 5.74) is 2.92. The number of piperazine rings is 1. The Balaban J connectivity index is 1.50. The van der Waals surface area contributed by atoms with E-state index in [9.17, 15) is 9.59 Å². The molecule has 1 heterocycles. The lowest BCUT2D eigenvalue weighted by molar-refractivity contribution is -0.134. The van der Waals surface area contributed by atoms with Crippen molar-refractivity contribution < 1.29 is 9.59 Å². The fourth-order valence-corrected chi connectivity index (χ4v) is 3.23. The van der Waals surface area contributed by atoms with Crippen LogP contribution in [-0.4, -0.2) is 42.9 Å². The molecule has 0 radical (unpaired) electrons. The molecule has 0 saturated carbocycles. The van der Waals surface area contributed by atoms with Gasteiger partial charge in [-0.25, -0.2) is 0 Å². The molecule has 2 amide bonds. The molecule has 1 saturated heterocycles. The van der Waals surface area contributed by atoms with Crippen LogP contribution < -0.4 is 10.2 Å². The number of benzene rings is 2. The molecule has 136 valence electrons. The maximum absolute atomic E-state index is 12.4. The SMILES string of the molecule is Cc1cccc(N2CCN(C(=O)CC(=O)Nc3ccccc3Cl)CC2)c1. The zero-order chi connectivity index (χ0) is 18.5. The van der Waals surface area contributed by atoms with Crippen LogP contribution in [0.4, 0.5) is 11.4 Å². The molecule has 0 bridgehead atoms. The molecule has 0 aromatic heterocycles. The second-order valence-electron chi connectivity index (χ2n) is 6.41. The van der Waals surface area contributed by atoms with Gasteiger partial charge in [0.05, 0.1) is 10.7 Å². The van der Waals surface area contributed by atoms with Gasteiger partial charge in [-0.3, -0.25) is 9.59 Å². The van der Waals surface area contributed by atoms with Gasteiger partial charge in [0.1, 0.15) is 6.42 Å². The number of carbonyl (C=O) groups is 2. The number of nitrogens with one attached hydrogen (secondary N) is 1. The van der Waals surface area contributed by atoms with E-state index in [1.165, 1.54) is 11.3 Å². The number of amides is 2. The van der Waals surface area contributed by atoms with Crippen molar-refractivity contribution >= 4 is 34.8 Å². The summed E-state index contributed by atoms with van der Waals surface area (Å²) in [5.74, 6) is -0.498. The van der Waals surface area contributed by atoms with Gasteiger partial charge in [0, 0.05) is 31.9 Å². The monoisotopic (exact) mass is 371 g/mol. The summed E-state index contributed by atoms with van der Waals surface area (Å²) in [7, 11) is 0. The quantitative estimate of drug-likeness (QED) is 0.839. The number of nitrogens with zero attached hydrogens (tertiary/aromatic N) is 2. The molecule has 5 nitrogen and oxygen atoms in total. The molecule has 3 rings (SSSR count). The largest absolute Gasteiger partial charge is 0.368 e. The molecule has 6 heteroatoms. The molecule has 0 aliphatic carbocycles. The van der Waals surface area contributed by atoms with Gasteiger partial charge in [0.25, 0.3) is 0 Å². The first-order valence-corrected chi connectivity index (χ1v) is 9.04. The molecular formula is C20H22ClN3O2. The Morgan fingerprint density at radius 3 is 2.46 bits per heavy atom. The van der Waals surface area contributed by atoms with Crippen LogP contribution in [-0.2, 0) is 9.59 Å². The normalized spacial score (nSPS) is 14.2. The number of hydrogen-bond donors (Lipinski definition) is 1. The highest BCUT2D eigenvalue weighted by Gasteiger charge is 2.23. The minimum atomic E-state index is -0.343. The van der Waals surface area contributed by atoms with Crippen molar-refractivity contribution in [1.29, 1.82) is 0 Å². The third-order valence-electron chi connectivity index (χ3n) is 4.46. The van der Waals surface area contributed by atoms with Crippen molar-refractivity contribution in [3.63, 3.8) is 0 Å². The lowest BCUT2D eigenvalue weighted by atomic mass is 10.2. The third kappa shape index (κ3) is 4.55. The topological polar surface area (TPSA) is 52.7 Å². The number of carbonyl (C=O) groups excluding carboxylic acids is 2. The zero-order valence-corrected chi connectivity index (χ0v) is 15.5. The van der Waals surface area contributed by atoms with Crippen LogP contribution in [0.1, 0.15) is 12.0 Å². The highest BCUT2D eigenvalue weighted by molar-refractivity contribution is 6.33. The maximum Gasteiger partial charge on any atom is 0.233 e. The van der Waals surface area contributed by atoms with E-state index < -0.39 is 0 Å². The Labute approximate surface area is 158 Å². The Bertz CT molecular complexity index is 801. The maximum atomic E-state index is 12.4. The van der Waals surface area contributed by atoms with Gasteiger partial charge in [-0.15, -0.1) is 0 Å². The van der Waals surface area contributed by atoms with Crippen molar-refractivity contribution in [1.82, 2.24) is 4.90 Å². The summed E-state index contributed by atoms with van der Waals surface area (Å²) in [6.45, 7) is 4.84. The van der Waals surface area contributed by atoms with E-state index in [-0.39, 0.29) is 18.2 Å². The van der Waals surface area contributed by atoms with Crippen molar-refractivity contribution in [2.75, 3.05) is 36.4 Å². The summed E-state index contributed by atoms with van der Waals surface area (Å²) < 4.78 is 0. The van der Waals surface area contributed by atoms with Gasteiger partial charge < -0.3 is 15.1 Å². The highest BCUT2D eigenvalue weighted by atomic mass is 35.5. The highest BCUT2D eigenvalue weighted by Crippen LogP contribution is 2.21. The van der Waals surface area contributed by atoms with Gasteiger partial charge >= 0.3 is 0 Å². The average molecular weight is 372 g/mol. The summed E-state index contributed by atoms with van der Waals surface area (Å²) in [6, 6.07) is 15.3. The van der Waals surface area contributed by atoms with Crippen molar-refractivity contribution in [2.45, 2.75) is 13.3 Å². The van der Waals surface area contributed by atoms with Gasteiger partial charge in [-0.05, 0) is 36.8 Å². The Morgan fingerprint density at radius 1 is 1.04 bits per heavy atom.